The average Bonchev–Trinajstić information content (AvgIpc) is 2.71. The Kier molecular flexibility index (Phi) is 8.70. The molecule has 0 aliphatic heterocycles. The van der Waals surface area contributed by atoms with E-state index in [1.807, 2.05) is 83.1 Å². The van der Waals surface area contributed by atoms with Crippen molar-refractivity contribution in [3.63, 3.8) is 0 Å². The number of hydrogen-bond donors (Lipinski definition) is 1. The smallest absolute Gasteiger partial charge is 0.261 e. The summed E-state index contributed by atoms with van der Waals surface area (Å²) in [4.78, 5) is 28.2. The average molecular weight is 453 g/mol. The number of nitrogens with zero attached hydrogens (tertiary/aromatic N) is 1. The first kappa shape index (κ1) is 26.4. The van der Waals surface area contributed by atoms with Crippen LogP contribution in [0, 0.1) is 6.92 Å². The molecule has 2 rings (SSSR count). The molecule has 0 unspecified atom stereocenters. The van der Waals surface area contributed by atoms with Crippen LogP contribution < -0.4 is 10.1 Å². The molecule has 2 aromatic rings. The van der Waals surface area contributed by atoms with Gasteiger partial charge in [-0.2, -0.15) is 0 Å². The molecule has 0 fully saturated rings. The molecule has 5 nitrogen and oxygen atoms in total. The predicted molar refractivity (Wildman–Crippen MR) is 134 cm³/mol. The van der Waals surface area contributed by atoms with Gasteiger partial charge in [0.2, 0.25) is 5.91 Å². The van der Waals surface area contributed by atoms with E-state index in [1.54, 1.807) is 4.90 Å². The number of rotatable bonds is 8. The third kappa shape index (κ3) is 7.92. The van der Waals surface area contributed by atoms with Crippen LogP contribution in [0.15, 0.2) is 48.5 Å². The summed E-state index contributed by atoms with van der Waals surface area (Å²) in [5.74, 6) is 0.330. The predicted octanol–water partition coefficient (Wildman–Crippen LogP) is 5.39. The molecule has 0 saturated carbocycles. The molecule has 1 N–H and O–H groups in total. The summed E-state index contributed by atoms with van der Waals surface area (Å²) in [6.45, 7) is 16.3. The van der Waals surface area contributed by atoms with Gasteiger partial charge in [-0.25, -0.2) is 0 Å². The molecule has 1 atom stereocenters. The van der Waals surface area contributed by atoms with Crippen LogP contribution in [-0.4, -0.2) is 34.9 Å². The van der Waals surface area contributed by atoms with Crippen LogP contribution in [-0.2, 0) is 21.5 Å². The van der Waals surface area contributed by atoms with Crippen molar-refractivity contribution in [2.45, 2.75) is 85.4 Å². The van der Waals surface area contributed by atoms with Crippen LogP contribution in [0.5, 0.6) is 5.75 Å². The Morgan fingerprint density at radius 1 is 0.970 bits per heavy atom. The van der Waals surface area contributed by atoms with Gasteiger partial charge in [0.25, 0.3) is 5.91 Å². The monoisotopic (exact) mass is 452 g/mol. The molecule has 5 heteroatoms. The highest BCUT2D eigenvalue weighted by Crippen LogP contribution is 2.31. The molecule has 0 heterocycles. The van der Waals surface area contributed by atoms with Crippen LogP contribution in [0.25, 0.3) is 0 Å². The molecule has 0 aromatic heterocycles. The molecule has 180 valence electrons. The van der Waals surface area contributed by atoms with Crippen LogP contribution in [0.2, 0.25) is 0 Å². The molecule has 0 spiro atoms. The quantitative estimate of drug-likeness (QED) is 0.584. The van der Waals surface area contributed by atoms with Gasteiger partial charge in [0, 0.05) is 12.1 Å². The summed E-state index contributed by atoms with van der Waals surface area (Å²) in [6, 6.07) is 15.2. The third-order valence-electron chi connectivity index (χ3n) is 5.40. The van der Waals surface area contributed by atoms with E-state index in [9.17, 15) is 9.59 Å². The Morgan fingerprint density at radius 2 is 1.58 bits per heavy atom. The van der Waals surface area contributed by atoms with E-state index in [0.29, 0.717) is 18.7 Å². The zero-order valence-corrected chi connectivity index (χ0v) is 21.5. The Hall–Kier alpha value is -2.82. The minimum atomic E-state index is -0.584. The molecule has 2 amide bonds. The normalized spacial score (nSPS) is 12.7. The van der Waals surface area contributed by atoms with Gasteiger partial charge in [-0.3, -0.25) is 9.59 Å². The van der Waals surface area contributed by atoms with Crippen LogP contribution in [0.3, 0.4) is 0 Å². The van der Waals surface area contributed by atoms with Crippen LogP contribution >= 0.6 is 0 Å². The molecule has 33 heavy (non-hydrogen) atoms. The molecule has 0 bridgehead atoms. The summed E-state index contributed by atoms with van der Waals surface area (Å²) in [5.41, 5.74) is 2.67. The fraction of sp³-hybridized carbons (Fsp3) is 0.500. The van der Waals surface area contributed by atoms with Gasteiger partial charge in [-0.1, -0.05) is 75.7 Å². The SMILES string of the molecule is CC[C@@H](C(=O)NC(C)(C)C)N(Cc1ccc(C)cc1)C(=O)COc1ccccc1C(C)(C)C. The number of amides is 2. The molecule has 0 aliphatic rings. The highest BCUT2D eigenvalue weighted by atomic mass is 16.5. The van der Waals surface area contributed by atoms with Crippen molar-refractivity contribution in [2.75, 3.05) is 6.61 Å². The minimum Gasteiger partial charge on any atom is -0.483 e. The molecule has 0 aliphatic carbocycles. The second-order valence-corrected chi connectivity index (χ2v) is 10.7. The van der Waals surface area contributed by atoms with Gasteiger partial charge in [-0.15, -0.1) is 0 Å². The summed E-state index contributed by atoms with van der Waals surface area (Å²) in [7, 11) is 0. The first-order valence-corrected chi connectivity index (χ1v) is 11.7. The first-order valence-electron chi connectivity index (χ1n) is 11.7. The van der Waals surface area contributed by atoms with Gasteiger partial charge < -0.3 is 15.0 Å². The van der Waals surface area contributed by atoms with Gasteiger partial charge in [0.1, 0.15) is 11.8 Å². The van der Waals surface area contributed by atoms with Gasteiger partial charge in [-0.05, 0) is 56.7 Å². The standard InChI is InChI=1S/C28H40N2O3/c1-9-23(26(32)29-28(6,7)8)30(18-21-16-14-20(2)15-17-21)25(31)19-33-24-13-11-10-12-22(24)27(3,4)5/h10-17,23H,9,18-19H2,1-8H3,(H,29,32)/t23-/m0/s1. The topological polar surface area (TPSA) is 58.6 Å². The van der Waals surface area contributed by atoms with E-state index in [4.69, 9.17) is 4.74 Å². The molecular formula is C28H40N2O3. The largest absolute Gasteiger partial charge is 0.483 e. The lowest BCUT2D eigenvalue weighted by Crippen LogP contribution is -2.54. The maximum Gasteiger partial charge on any atom is 0.261 e. The van der Waals surface area contributed by atoms with Crippen molar-refractivity contribution in [1.82, 2.24) is 10.2 Å². The van der Waals surface area contributed by atoms with E-state index >= 15 is 0 Å². The Bertz CT molecular complexity index is 937. The lowest BCUT2D eigenvalue weighted by Gasteiger charge is -2.33. The zero-order valence-electron chi connectivity index (χ0n) is 21.5. The highest BCUT2D eigenvalue weighted by Gasteiger charge is 2.31. The highest BCUT2D eigenvalue weighted by molar-refractivity contribution is 5.88. The Morgan fingerprint density at radius 3 is 2.12 bits per heavy atom. The maximum absolute atomic E-state index is 13.4. The van der Waals surface area contributed by atoms with Gasteiger partial charge >= 0.3 is 0 Å². The van der Waals surface area contributed by atoms with E-state index in [2.05, 4.69) is 26.1 Å². The lowest BCUT2D eigenvalue weighted by atomic mass is 9.86. The number of hydrogen-bond acceptors (Lipinski definition) is 3. The summed E-state index contributed by atoms with van der Waals surface area (Å²) < 4.78 is 6.02. The van der Waals surface area contributed by atoms with Gasteiger partial charge in [0.05, 0.1) is 0 Å². The number of ether oxygens (including phenoxy) is 1. The number of aryl methyl sites for hydroxylation is 1. The molecule has 0 radical (unpaired) electrons. The third-order valence-corrected chi connectivity index (χ3v) is 5.40. The van der Waals surface area contributed by atoms with Crippen molar-refractivity contribution in [3.05, 3.63) is 65.2 Å². The van der Waals surface area contributed by atoms with E-state index in [1.165, 1.54) is 0 Å². The summed E-state index contributed by atoms with van der Waals surface area (Å²) >= 11 is 0. The molecule has 0 saturated heterocycles. The van der Waals surface area contributed by atoms with E-state index in [0.717, 1.165) is 16.7 Å². The van der Waals surface area contributed by atoms with Crippen molar-refractivity contribution in [1.29, 1.82) is 0 Å². The lowest BCUT2D eigenvalue weighted by molar-refractivity contribution is -0.143. The van der Waals surface area contributed by atoms with Crippen LogP contribution in [0.4, 0.5) is 0 Å². The molecular weight excluding hydrogens is 412 g/mol. The minimum absolute atomic E-state index is 0.111. The van der Waals surface area contributed by atoms with E-state index < -0.39 is 6.04 Å². The number of para-hydroxylation sites is 1. The Balaban J connectivity index is 2.29. The van der Waals surface area contributed by atoms with Crippen molar-refractivity contribution >= 4 is 11.8 Å². The second-order valence-electron chi connectivity index (χ2n) is 10.7. The maximum atomic E-state index is 13.4. The number of carbonyl (C=O) groups excluding carboxylic acids is 2. The van der Waals surface area contributed by atoms with Crippen LogP contribution in [0.1, 0.15) is 71.6 Å². The number of benzene rings is 2. The molecule has 2 aromatic carbocycles. The first-order chi connectivity index (χ1) is 15.3. The van der Waals surface area contributed by atoms with Crippen molar-refractivity contribution in [3.8, 4) is 5.75 Å². The number of carbonyl (C=O) groups is 2. The Labute approximate surface area is 199 Å². The van der Waals surface area contributed by atoms with Crippen molar-refractivity contribution < 1.29 is 14.3 Å². The van der Waals surface area contributed by atoms with E-state index in [-0.39, 0.29) is 29.4 Å². The summed E-state index contributed by atoms with van der Waals surface area (Å²) in [6.07, 6.45) is 0.512. The van der Waals surface area contributed by atoms with Crippen molar-refractivity contribution in [2.24, 2.45) is 0 Å². The fourth-order valence-corrected chi connectivity index (χ4v) is 3.70. The second kappa shape index (κ2) is 10.9. The zero-order chi connectivity index (χ0) is 24.8. The number of nitrogens with one attached hydrogen (secondary N) is 1. The van der Waals surface area contributed by atoms with Gasteiger partial charge in [0.15, 0.2) is 6.61 Å². The summed E-state index contributed by atoms with van der Waals surface area (Å²) in [5, 5.41) is 3.03. The fourth-order valence-electron chi connectivity index (χ4n) is 3.70.